The molecule has 0 N–H and O–H groups in total. The van der Waals surface area contributed by atoms with Crippen LogP contribution in [-0.2, 0) is 0 Å². The highest BCUT2D eigenvalue weighted by atomic mass is 19.1. The Morgan fingerprint density at radius 2 is 1.42 bits per heavy atom. The van der Waals surface area contributed by atoms with E-state index in [0.717, 1.165) is 0 Å². The molecule has 10 heteroatoms. The number of fused-ring (bicyclic) bond motifs is 2. The molecule has 0 fully saturated rings. The van der Waals surface area contributed by atoms with Crippen LogP contribution in [-0.4, -0.2) is 30.7 Å². The Morgan fingerprint density at radius 1 is 0.868 bits per heavy atom. The van der Waals surface area contributed by atoms with Crippen molar-refractivity contribution in [2.45, 2.75) is 32.4 Å². The van der Waals surface area contributed by atoms with Gasteiger partial charge in [-0.1, -0.05) is 26.0 Å². The van der Waals surface area contributed by atoms with Crippen LogP contribution in [0.25, 0.3) is 0 Å². The molecule has 188 valence electrons. The summed E-state index contributed by atoms with van der Waals surface area (Å²) in [6.45, 7) is 3.59. The summed E-state index contributed by atoms with van der Waals surface area (Å²) in [6, 6.07) is 11.6. The zero-order chi connectivity index (χ0) is 27.2. The van der Waals surface area contributed by atoms with Crippen LogP contribution >= 0.6 is 0 Å². The van der Waals surface area contributed by atoms with E-state index in [-0.39, 0.29) is 35.2 Å². The minimum atomic E-state index is -0.743. The van der Waals surface area contributed by atoms with Crippen LogP contribution in [0.3, 0.4) is 0 Å². The fourth-order valence-electron chi connectivity index (χ4n) is 5.12. The van der Waals surface area contributed by atoms with Crippen LogP contribution in [0.15, 0.2) is 61.4 Å². The molecule has 0 amide bonds. The lowest BCUT2D eigenvalue weighted by Crippen LogP contribution is -2.27. The van der Waals surface area contributed by atoms with E-state index < -0.39 is 23.1 Å². The molecule has 38 heavy (non-hydrogen) atoms. The first kappa shape index (κ1) is 24.7. The summed E-state index contributed by atoms with van der Waals surface area (Å²) in [5.41, 5.74) is 1.60. The van der Waals surface area contributed by atoms with E-state index in [1.807, 2.05) is 12.1 Å². The van der Waals surface area contributed by atoms with E-state index in [9.17, 15) is 18.4 Å². The van der Waals surface area contributed by atoms with Gasteiger partial charge < -0.3 is 9.13 Å². The lowest BCUT2D eigenvalue weighted by molar-refractivity contribution is 0.0839. The molecule has 0 aliphatic carbocycles. The van der Waals surface area contributed by atoms with E-state index in [2.05, 4.69) is 9.97 Å². The number of aromatic nitrogens is 4. The van der Waals surface area contributed by atoms with Crippen molar-refractivity contribution in [2.24, 2.45) is 5.41 Å². The highest BCUT2D eigenvalue weighted by Gasteiger charge is 2.48. The molecule has 0 spiro atoms. The van der Waals surface area contributed by atoms with Gasteiger partial charge in [0.2, 0.25) is 0 Å². The predicted molar refractivity (Wildman–Crippen MR) is 130 cm³/mol. The molecule has 8 nitrogen and oxygen atoms in total. The van der Waals surface area contributed by atoms with E-state index in [1.54, 1.807) is 53.6 Å². The topological polar surface area (TPSA) is 117 Å². The number of hydrogen-bond acceptors (Lipinski definition) is 6. The molecule has 2 aromatic heterocycles. The number of nitriles is 2. The number of nitrogens with zero attached hydrogens (tertiary/aromatic N) is 6. The molecule has 2 atom stereocenters. The summed E-state index contributed by atoms with van der Waals surface area (Å²) in [5, 5.41) is 17.5. The second-order valence-electron chi connectivity index (χ2n) is 9.66. The molecule has 6 rings (SSSR count). The predicted octanol–water partition coefficient (Wildman–Crippen LogP) is 4.78. The van der Waals surface area contributed by atoms with Crippen LogP contribution in [0, 0.1) is 39.7 Å². The lowest BCUT2D eigenvalue weighted by atomic mass is 9.79. The first-order valence-corrected chi connectivity index (χ1v) is 11.7. The largest absolute Gasteiger partial charge is 0.320 e. The van der Waals surface area contributed by atoms with Crippen molar-refractivity contribution < 1.29 is 18.4 Å². The van der Waals surface area contributed by atoms with Gasteiger partial charge in [-0.2, -0.15) is 10.5 Å². The molecular formula is C28H20F2N6O2. The number of carbonyl (C=O) groups is 2. The number of rotatable bonds is 2. The quantitative estimate of drug-likeness (QED) is 0.383. The number of ketones is 2. The Morgan fingerprint density at radius 3 is 2.00 bits per heavy atom. The molecule has 0 bridgehead atoms. The number of Topliss-reactive ketones (excluding diaryl/α,β-unsaturated/α-hetero) is 2. The van der Waals surface area contributed by atoms with E-state index in [4.69, 9.17) is 10.5 Å². The molecule has 0 saturated heterocycles. The molecule has 0 radical (unpaired) electrons. The second-order valence-corrected chi connectivity index (χ2v) is 9.66. The molecular weight excluding hydrogens is 490 g/mol. The smallest absolute Gasteiger partial charge is 0.188 e. The third-order valence-electron chi connectivity index (χ3n) is 7.02. The van der Waals surface area contributed by atoms with Gasteiger partial charge in [0.05, 0.1) is 65.8 Å². The van der Waals surface area contributed by atoms with Gasteiger partial charge in [-0.15, -0.1) is 0 Å². The standard InChI is InChI=1S/C15H12FN3O.C13H8FN3O/c1-15(2)13(19-8-18-7-12(19)14(15)20)10-4-3-9(6-17)5-11(10)16;14-10-3-8(5-15)1-2-9(10)11-4-13(18)12-6-16-7-17(11)12/h3-5,7-8,13H,1-2H3;1-3,6-7,11H,4H2/t13-;11-/m01/s1. The van der Waals surface area contributed by atoms with Crippen molar-refractivity contribution >= 4 is 11.6 Å². The second kappa shape index (κ2) is 9.16. The van der Waals surface area contributed by atoms with Crippen molar-refractivity contribution in [1.29, 1.82) is 10.5 Å². The Kier molecular flexibility index (Phi) is 5.96. The highest BCUT2D eigenvalue weighted by molar-refractivity contribution is 6.01. The van der Waals surface area contributed by atoms with E-state index in [0.29, 0.717) is 22.5 Å². The van der Waals surface area contributed by atoms with E-state index >= 15 is 0 Å². The van der Waals surface area contributed by atoms with Crippen LogP contribution in [0.1, 0.15) is 75.6 Å². The van der Waals surface area contributed by atoms with Crippen LogP contribution in [0.5, 0.6) is 0 Å². The molecule has 4 heterocycles. The van der Waals surface area contributed by atoms with Gasteiger partial charge in [0.15, 0.2) is 11.6 Å². The fraction of sp³-hybridized carbons (Fsp3) is 0.214. The Hall–Kier alpha value is -4.96. The van der Waals surface area contributed by atoms with Crippen LogP contribution in [0.2, 0.25) is 0 Å². The van der Waals surface area contributed by atoms with Gasteiger partial charge in [0.25, 0.3) is 0 Å². The van der Waals surface area contributed by atoms with Crippen molar-refractivity contribution in [2.75, 3.05) is 0 Å². The number of benzene rings is 2. The van der Waals surface area contributed by atoms with Gasteiger partial charge >= 0.3 is 0 Å². The third-order valence-corrected chi connectivity index (χ3v) is 7.02. The first-order chi connectivity index (χ1) is 18.2. The summed E-state index contributed by atoms with van der Waals surface area (Å²) in [4.78, 5) is 31.9. The number of halogens is 2. The average Bonchev–Trinajstić information content (AvgIpc) is 3.66. The highest BCUT2D eigenvalue weighted by Crippen LogP contribution is 2.46. The van der Waals surface area contributed by atoms with Crippen molar-refractivity contribution in [3.05, 3.63) is 107 Å². The normalized spacial score (nSPS) is 18.7. The number of imidazole rings is 2. The molecule has 2 aliphatic heterocycles. The summed E-state index contributed by atoms with van der Waals surface area (Å²) in [6.07, 6.45) is 6.31. The van der Waals surface area contributed by atoms with Crippen LogP contribution in [0.4, 0.5) is 8.78 Å². The Balaban J connectivity index is 0.000000156. The maximum absolute atomic E-state index is 14.3. The summed E-state index contributed by atoms with van der Waals surface area (Å²) in [7, 11) is 0. The SMILES string of the molecule is CC1(C)C(=O)c2cncn2[C@H]1c1ccc(C#N)cc1F.N#Cc1ccc([C@H]2CC(=O)c3cncn32)c(F)c1. The molecule has 2 aromatic carbocycles. The monoisotopic (exact) mass is 510 g/mol. The van der Waals surface area contributed by atoms with Crippen molar-refractivity contribution in [1.82, 2.24) is 19.1 Å². The minimum absolute atomic E-state index is 0.0405. The van der Waals surface area contributed by atoms with E-state index in [1.165, 1.54) is 30.9 Å². The van der Waals surface area contributed by atoms with Gasteiger partial charge in [0, 0.05) is 17.5 Å². The Bertz CT molecular complexity index is 1690. The van der Waals surface area contributed by atoms with Gasteiger partial charge in [-0.05, 0) is 24.3 Å². The maximum Gasteiger partial charge on any atom is 0.188 e. The third kappa shape index (κ3) is 3.87. The summed E-state index contributed by atoms with van der Waals surface area (Å²) >= 11 is 0. The van der Waals surface area contributed by atoms with Gasteiger partial charge in [-0.25, -0.2) is 18.7 Å². The first-order valence-electron chi connectivity index (χ1n) is 11.7. The zero-order valence-electron chi connectivity index (χ0n) is 20.4. The summed E-state index contributed by atoms with van der Waals surface area (Å²) in [5.74, 6) is -1.03. The van der Waals surface area contributed by atoms with Crippen molar-refractivity contribution in [3.63, 3.8) is 0 Å². The lowest BCUT2D eigenvalue weighted by Gasteiger charge is -2.27. The minimum Gasteiger partial charge on any atom is -0.320 e. The molecule has 0 saturated carbocycles. The van der Waals surface area contributed by atoms with Gasteiger partial charge in [-0.3, -0.25) is 9.59 Å². The summed E-state index contributed by atoms with van der Waals surface area (Å²) < 4.78 is 31.6. The number of hydrogen-bond donors (Lipinski definition) is 0. The molecule has 4 aromatic rings. The zero-order valence-corrected chi connectivity index (χ0v) is 20.4. The molecule has 0 unspecified atom stereocenters. The van der Waals surface area contributed by atoms with Crippen molar-refractivity contribution in [3.8, 4) is 12.1 Å². The Labute approximate surface area is 216 Å². The maximum atomic E-state index is 14.3. The van der Waals surface area contributed by atoms with Crippen LogP contribution < -0.4 is 0 Å². The van der Waals surface area contributed by atoms with Gasteiger partial charge in [0.1, 0.15) is 23.0 Å². The number of carbonyl (C=O) groups excluding carboxylic acids is 2. The fourth-order valence-corrected chi connectivity index (χ4v) is 5.12. The average molecular weight is 511 g/mol. The molecule has 2 aliphatic rings.